The maximum atomic E-state index is 5.96. The monoisotopic (exact) mass is 277 g/mol. The van der Waals surface area contributed by atoms with Crippen molar-refractivity contribution in [3.05, 3.63) is 51.9 Å². The van der Waals surface area contributed by atoms with E-state index < -0.39 is 0 Å². The Morgan fingerprint density at radius 3 is 2.72 bits per heavy atom. The Hall–Kier alpha value is -1.26. The van der Waals surface area contributed by atoms with Crippen molar-refractivity contribution in [2.75, 3.05) is 5.73 Å². The van der Waals surface area contributed by atoms with Crippen LogP contribution in [0.25, 0.3) is 0 Å². The summed E-state index contributed by atoms with van der Waals surface area (Å²) in [4.78, 5) is 8.97. The Morgan fingerprint density at radius 2 is 1.94 bits per heavy atom. The first-order valence-corrected chi connectivity index (χ1v) is 7.22. The van der Waals surface area contributed by atoms with Crippen molar-refractivity contribution in [2.45, 2.75) is 17.9 Å². The van der Waals surface area contributed by atoms with Crippen LogP contribution in [0.1, 0.15) is 22.6 Å². The van der Waals surface area contributed by atoms with Crippen molar-refractivity contribution < 1.29 is 0 Å². The molecule has 0 bridgehead atoms. The van der Waals surface area contributed by atoms with E-state index in [-0.39, 0.29) is 0 Å². The number of hydrogen-bond donors (Lipinski definition) is 1. The van der Waals surface area contributed by atoms with Crippen LogP contribution in [0.3, 0.4) is 0 Å². The van der Waals surface area contributed by atoms with Gasteiger partial charge in [-0.05, 0) is 17.7 Å². The fraction of sp³-hybridized carbons (Fsp3) is 0.231. The summed E-state index contributed by atoms with van der Waals surface area (Å²) in [6, 6.07) is 7.74. The highest BCUT2D eigenvalue weighted by atomic mass is 35.5. The van der Waals surface area contributed by atoms with Gasteiger partial charge >= 0.3 is 0 Å². The van der Waals surface area contributed by atoms with Crippen molar-refractivity contribution in [2.24, 2.45) is 0 Å². The van der Waals surface area contributed by atoms with Crippen molar-refractivity contribution in [3.8, 4) is 0 Å². The SMILES string of the molecule is Nc1nc(Cc2ccc(Cl)cc2)nc2c1CSC2. The molecule has 0 unspecified atom stereocenters. The number of nitrogens with two attached hydrogens (primary N) is 1. The molecule has 92 valence electrons. The van der Waals surface area contributed by atoms with Gasteiger partial charge in [0.15, 0.2) is 0 Å². The first-order valence-electron chi connectivity index (χ1n) is 5.69. The van der Waals surface area contributed by atoms with Crippen molar-refractivity contribution in [3.63, 3.8) is 0 Å². The molecule has 0 aliphatic carbocycles. The third kappa shape index (κ3) is 2.31. The number of hydrogen-bond acceptors (Lipinski definition) is 4. The maximum absolute atomic E-state index is 5.96. The Bertz CT molecular complexity index is 584. The van der Waals surface area contributed by atoms with Gasteiger partial charge in [0.1, 0.15) is 11.6 Å². The van der Waals surface area contributed by atoms with Crippen LogP contribution in [0.4, 0.5) is 5.82 Å². The fourth-order valence-corrected chi connectivity index (χ4v) is 3.17. The number of halogens is 1. The number of nitrogen functional groups attached to an aromatic ring is 1. The van der Waals surface area contributed by atoms with Gasteiger partial charge in [-0.25, -0.2) is 9.97 Å². The van der Waals surface area contributed by atoms with Gasteiger partial charge in [0.25, 0.3) is 0 Å². The third-order valence-corrected chi connectivity index (χ3v) is 4.15. The van der Waals surface area contributed by atoms with E-state index in [1.54, 1.807) is 0 Å². The normalized spacial score (nSPS) is 13.6. The van der Waals surface area contributed by atoms with E-state index in [1.165, 1.54) is 0 Å². The molecule has 3 nitrogen and oxygen atoms in total. The maximum Gasteiger partial charge on any atom is 0.135 e. The second-order valence-corrected chi connectivity index (χ2v) is 5.67. The average Bonchev–Trinajstić information content (AvgIpc) is 2.81. The summed E-state index contributed by atoms with van der Waals surface area (Å²) in [6.45, 7) is 0. The smallest absolute Gasteiger partial charge is 0.135 e. The number of rotatable bonds is 2. The van der Waals surface area contributed by atoms with Crippen LogP contribution in [0.15, 0.2) is 24.3 Å². The van der Waals surface area contributed by atoms with E-state index >= 15 is 0 Å². The van der Waals surface area contributed by atoms with Gasteiger partial charge in [-0.1, -0.05) is 23.7 Å². The lowest BCUT2D eigenvalue weighted by Crippen LogP contribution is -2.06. The van der Waals surface area contributed by atoms with Crippen LogP contribution in [0.2, 0.25) is 5.02 Å². The van der Waals surface area contributed by atoms with E-state index in [4.69, 9.17) is 17.3 Å². The molecular formula is C13H12ClN3S. The summed E-state index contributed by atoms with van der Waals surface area (Å²) in [7, 11) is 0. The van der Waals surface area contributed by atoms with Crippen molar-refractivity contribution >= 4 is 29.2 Å². The predicted molar refractivity (Wildman–Crippen MR) is 75.7 cm³/mol. The molecule has 3 rings (SSSR count). The van der Waals surface area contributed by atoms with Crippen molar-refractivity contribution in [1.82, 2.24) is 9.97 Å². The first kappa shape index (κ1) is 11.8. The molecule has 0 amide bonds. The predicted octanol–water partition coefficient (Wildman–Crippen LogP) is 3.05. The molecule has 2 N–H and O–H groups in total. The minimum Gasteiger partial charge on any atom is -0.383 e. The van der Waals surface area contributed by atoms with Gasteiger partial charge < -0.3 is 5.73 Å². The van der Waals surface area contributed by atoms with E-state index in [0.29, 0.717) is 12.2 Å². The van der Waals surface area contributed by atoms with Crippen LogP contribution in [0.5, 0.6) is 0 Å². The first-order chi connectivity index (χ1) is 8.72. The van der Waals surface area contributed by atoms with Crippen LogP contribution in [-0.4, -0.2) is 9.97 Å². The lowest BCUT2D eigenvalue weighted by Gasteiger charge is -2.06. The Kier molecular flexibility index (Phi) is 3.14. The zero-order valence-electron chi connectivity index (χ0n) is 9.69. The molecule has 0 saturated carbocycles. The molecule has 1 aliphatic rings. The summed E-state index contributed by atoms with van der Waals surface area (Å²) in [6.07, 6.45) is 0.694. The van der Waals surface area contributed by atoms with Gasteiger partial charge in [0.05, 0.1) is 5.69 Å². The highest BCUT2D eigenvalue weighted by Gasteiger charge is 2.18. The van der Waals surface area contributed by atoms with Crippen molar-refractivity contribution in [1.29, 1.82) is 0 Å². The van der Waals surface area contributed by atoms with E-state index in [9.17, 15) is 0 Å². The number of anilines is 1. The molecule has 0 atom stereocenters. The van der Waals surface area contributed by atoms with Crippen LogP contribution in [-0.2, 0) is 17.9 Å². The van der Waals surface area contributed by atoms with Crippen LogP contribution >= 0.6 is 23.4 Å². The lowest BCUT2D eigenvalue weighted by molar-refractivity contribution is 0.934. The highest BCUT2D eigenvalue weighted by molar-refractivity contribution is 7.98. The zero-order chi connectivity index (χ0) is 12.5. The average molecular weight is 278 g/mol. The quantitative estimate of drug-likeness (QED) is 0.917. The minimum atomic E-state index is 0.633. The standard InChI is InChI=1S/C13H12ClN3S/c14-9-3-1-8(2-4-9)5-12-16-11-7-18-6-10(11)13(15)17-12/h1-4H,5-7H2,(H2,15,16,17). The summed E-state index contributed by atoms with van der Waals surface area (Å²) >= 11 is 7.70. The van der Waals surface area contributed by atoms with Gasteiger partial charge in [-0.2, -0.15) is 11.8 Å². The Morgan fingerprint density at radius 1 is 1.17 bits per heavy atom. The molecule has 1 aliphatic heterocycles. The summed E-state index contributed by atoms with van der Waals surface area (Å²) in [5.74, 6) is 3.29. The zero-order valence-corrected chi connectivity index (χ0v) is 11.3. The van der Waals surface area contributed by atoms with Gasteiger partial charge in [0, 0.05) is 28.5 Å². The molecule has 0 spiro atoms. The topological polar surface area (TPSA) is 51.8 Å². The largest absolute Gasteiger partial charge is 0.383 e. The number of benzene rings is 1. The molecule has 2 aromatic rings. The van der Waals surface area contributed by atoms with E-state index in [2.05, 4.69) is 9.97 Å². The number of nitrogens with zero attached hydrogens (tertiary/aromatic N) is 2. The molecule has 0 fully saturated rings. The molecule has 18 heavy (non-hydrogen) atoms. The van der Waals surface area contributed by atoms with Gasteiger partial charge in [0.2, 0.25) is 0 Å². The van der Waals surface area contributed by atoms with E-state index in [0.717, 1.165) is 39.2 Å². The van der Waals surface area contributed by atoms with Gasteiger partial charge in [-0.15, -0.1) is 0 Å². The highest BCUT2D eigenvalue weighted by Crippen LogP contribution is 2.31. The summed E-state index contributed by atoms with van der Waals surface area (Å²) in [5.41, 5.74) is 9.31. The van der Waals surface area contributed by atoms with Crippen LogP contribution in [0, 0.1) is 0 Å². The molecular weight excluding hydrogens is 266 g/mol. The molecule has 5 heteroatoms. The number of aromatic nitrogens is 2. The van der Waals surface area contributed by atoms with Crippen LogP contribution < -0.4 is 5.73 Å². The lowest BCUT2D eigenvalue weighted by atomic mass is 10.1. The van der Waals surface area contributed by atoms with Gasteiger partial charge in [-0.3, -0.25) is 0 Å². The summed E-state index contributed by atoms with van der Waals surface area (Å²) < 4.78 is 0. The van der Waals surface area contributed by atoms with E-state index in [1.807, 2.05) is 36.0 Å². The minimum absolute atomic E-state index is 0.633. The molecule has 0 radical (unpaired) electrons. The molecule has 1 aromatic carbocycles. The number of thioether (sulfide) groups is 1. The molecule has 2 heterocycles. The third-order valence-electron chi connectivity index (χ3n) is 2.93. The Balaban J connectivity index is 1.89. The summed E-state index contributed by atoms with van der Waals surface area (Å²) in [5, 5.41) is 0.740. The number of fused-ring (bicyclic) bond motifs is 1. The molecule has 0 saturated heterocycles. The molecule has 1 aromatic heterocycles. The fourth-order valence-electron chi connectivity index (χ4n) is 1.99. The second kappa shape index (κ2) is 4.78. The Labute approximate surface area is 115 Å². The second-order valence-electron chi connectivity index (χ2n) is 4.25.